The van der Waals surface area contributed by atoms with Crippen molar-refractivity contribution in [3.63, 3.8) is 0 Å². The highest BCUT2D eigenvalue weighted by atomic mass is 32.1. The van der Waals surface area contributed by atoms with Gasteiger partial charge >= 0.3 is 6.03 Å². The van der Waals surface area contributed by atoms with E-state index in [1.165, 1.54) is 4.90 Å². The molecule has 2 aromatic carbocycles. The standard InChI is InChI=1S/C51H70N8O11S/c1-32-45(71-31-54-32)34-12-10-33(11-13-34)25-53-47(62)41-24-36(60)26-59(41)49(64)46(51(2,3)4)55-44(61)30-70-21-20-69-19-18-68-17-15-52-50(65)58-16-14-37-38(28-57(7)48(63)39(37)29-58)35-22-42(66-8)40(27-56(5)6)43(23-35)67-9/h10-13,22-23,28,31,36,41,46,60H,14-21,24-27,29-30H2,1-9H3,(H,52,65)(H,53,62)(H,55,61)/t36-,41+,46-/m0/s1. The van der Waals surface area contributed by atoms with Crippen molar-refractivity contribution in [3.05, 3.63) is 86.4 Å². The zero-order valence-corrected chi connectivity index (χ0v) is 43.2. The molecule has 3 atom stereocenters. The maximum Gasteiger partial charge on any atom is 0.317 e. The third-order valence-corrected chi connectivity index (χ3v) is 13.4. The second-order valence-electron chi connectivity index (χ2n) is 19.1. The van der Waals surface area contributed by atoms with E-state index >= 15 is 0 Å². The largest absolute Gasteiger partial charge is 0.496 e. The lowest BCUT2D eigenvalue weighted by Crippen LogP contribution is -2.58. The van der Waals surface area contributed by atoms with E-state index in [0.717, 1.165) is 44.0 Å². The van der Waals surface area contributed by atoms with Crippen LogP contribution in [0.15, 0.2) is 52.9 Å². The maximum absolute atomic E-state index is 14.0. The molecule has 0 bridgehead atoms. The summed E-state index contributed by atoms with van der Waals surface area (Å²) >= 11 is 1.57. The Balaban J connectivity index is 0.873. The van der Waals surface area contributed by atoms with E-state index in [2.05, 4.69) is 20.9 Å². The number of nitrogens with zero attached hydrogens (tertiary/aromatic N) is 5. The van der Waals surface area contributed by atoms with Gasteiger partial charge in [0, 0.05) is 63.5 Å². The molecule has 2 aromatic heterocycles. The van der Waals surface area contributed by atoms with Crippen LogP contribution >= 0.6 is 11.3 Å². The van der Waals surface area contributed by atoms with Gasteiger partial charge < -0.3 is 64.0 Å². The van der Waals surface area contributed by atoms with E-state index in [1.807, 2.05) is 89.3 Å². The third-order valence-electron chi connectivity index (χ3n) is 12.5. The van der Waals surface area contributed by atoms with Crippen LogP contribution in [0.2, 0.25) is 0 Å². The van der Waals surface area contributed by atoms with Crippen molar-refractivity contribution in [1.82, 2.24) is 40.2 Å². The summed E-state index contributed by atoms with van der Waals surface area (Å²) in [6, 6.07) is 9.58. The number of nitrogens with one attached hydrogen (secondary N) is 3. The number of benzene rings is 2. The number of pyridine rings is 1. The second kappa shape index (κ2) is 25.0. The van der Waals surface area contributed by atoms with E-state index in [1.54, 1.807) is 47.6 Å². The van der Waals surface area contributed by atoms with Crippen LogP contribution in [-0.2, 0) is 61.7 Å². The molecular formula is C51H70N8O11S. The number of β-amino-alcohol motifs (C(OH)–C–C–N with tert-alkyl or cyclic N) is 1. The molecule has 2 aliphatic rings. The van der Waals surface area contributed by atoms with E-state index in [-0.39, 0.29) is 89.7 Å². The summed E-state index contributed by atoms with van der Waals surface area (Å²) in [7, 11) is 8.91. The number of carbonyl (C=O) groups is 4. The average molecular weight is 1000 g/mol. The Hall–Kier alpha value is -5.90. The third kappa shape index (κ3) is 14.2. The summed E-state index contributed by atoms with van der Waals surface area (Å²) in [6.45, 7) is 9.84. The molecule has 0 saturated carbocycles. The van der Waals surface area contributed by atoms with Gasteiger partial charge in [-0.2, -0.15) is 0 Å². The molecule has 1 fully saturated rings. The molecule has 19 nitrogen and oxygen atoms in total. The first-order valence-corrected chi connectivity index (χ1v) is 24.7. The predicted octanol–water partition coefficient (Wildman–Crippen LogP) is 3.49. The number of carbonyl (C=O) groups excluding carboxylic acids is 4. The van der Waals surface area contributed by atoms with Gasteiger partial charge in [0.1, 0.15) is 30.2 Å². The van der Waals surface area contributed by atoms with Crippen molar-refractivity contribution in [1.29, 1.82) is 0 Å². The topological polar surface area (TPSA) is 215 Å². The highest BCUT2D eigenvalue weighted by molar-refractivity contribution is 7.13. The van der Waals surface area contributed by atoms with E-state index in [0.29, 0.717) is 36.6 Å². The highest BCUT2D eigenvalue weighted by Gasteiger charge is 2.44. The molecule has 0 aliphatic carbocycles. The Morgan fingerprint density at radius 1 is 0.930 bits per heavy atom. The zero-order chi connectivity index (χ0) is 51.4. The molecule has 5 amide bonds. The van der Waals surface area contributed by atoms with Crippen molar-refractivity contribution in [2.45, 2.75) is 78.4 Å². The number of aryl methyl sites for hydroxylation is 2. The number of ether oxygens (including phenoxy) is 5. The number of aliphatic hydroxyl groups is 1. The molecule has 0 radical (unpaired) electrons. The quantitative estimate of drug-likeness (QED) is 0.0832. The maximum atomic E-state index is 14.0. The summed E-state index contributed by atoms with van der Waals surface area (Å²) in [5, 5.41) is 19.1. The van der Waals surface area contributed by atoms with Crippen LogP contribution < -0.4 is 31.0 Å². The summed E-state index contributed by atoms with van der Waals surface area (Å²) in [5.41, 5.74) is 7.94. The van der Waals surface area contributed by atoms with Crippen LogP contribution in [-0.4, -0.2) is 159 Å². The molecule has 2 aliphatic heterocycles. The van der Waals surface area contributed by atoms with Gasteiger partial charge in [0.2, 0.25) is 17.7 Å². The Labute approximate surface area is 419 Å². The van der Waals surface area contributed by atoms with E-state index in [4.69, 9.17) is 23.7 Å². The Morgan fingerprint density at radius 2 is 1.59 bits per heavy atom. The summed E-state index contributed by atoms with van der Waals surface area (Å²) in [6.07, 6.45) is 1.52. The van der Waals surface area contributed by atoms with Crippen LogP contribution in [0.3, 0.4) is 0 Å². The number of fused-ring (bicyclic) bond motifs is 1. The van der Waals surface area contributed by atoms with Crippen LogP contribution in [0, 0.1) is 12.3 Å². The van der Waals surface area contributed by atoms with Crippen LogP contribution in [0.25, 0.3) is 21.6 Å². The van der Waals surface area contributed by atoms with Crippen molar-refractivity contribution >= 4 is 35.1 Å². The van der Waals surface area contributed by atoms with Crippen molar-refractivity contribution < 1.29 is 48.0 Å². The lowest BCUT2D eigenvalue weighted by atomic mass is 9.85. The lowest BCUT2D eigenvalue weighted by molar-refractivity contribution is -0.144. The highest BCUT2D eigenvalue weighted by Crippen LogP contribution is 2.38. The van der Waals surface area contributed by atoms with Crippen molar-refractivity contribution in [2.75, 3.05) is 87.6 Å². The monoisotopic (exact) mass is 1000 g/mol. The molecule has 4 N–H and O–H groups in total. The number of aromatic nitrogens is 2. The molecule has 71 heavy (non-hydrogen) atoms. The normalized spacial score (nSPS) is 16.2. The Bertz CT molecular complexity index is 2520. The molecule has 4 heterocycles. The van der Waals surface area contributed by atoms with Crippen LogP contribution in [0.4, 0.5) is 4.79 Å². The number of hydrogen-bond acceptors (Lipinski definition) is 14. The van der Waals surface area contributed by atoms with E-state index < -0.39 is 35.4 Å². The fourth-order valence-corrected chi connectivity index (χ4v) is 9.57. The summed E-state index contributed by atoms with van der Waals surface area (Å²) in [5.74, 6) is 0.0192. The van der Waals surface area contributed by atoms with Crippen LogP contribution in [0.5, 0.6) is 11.5 Å². The fraction of sp³-hybridized carbons (Fsp3) is 0.529. The Kier molecular flexibility index (Phi) is 19.1. The number of urea groups is 1. The predicted molar refractivity (Wildman–Crippen MR) is 269 cm³/mol. The van der Waals surface area contributed by atoms with Crippen molar-refractivity contribution in [2.24, 2.45) is 12.5 Å². The molecule has 20 heteroatoms. The number of hydrogen-bond donors (Lipinski definition) is 4. The number of aliphatic hydroxyl groups excluding tert-OH is 1. The SMILES string of the molecule is COc1cc(-c2cn(C)c(=O)c3c2CCN(C(=O)NCCOCCOCCOCC(=O)N[C@@H](C(=O)N2C[C@@H](O)C[C@@H]2C(=O)NCc2ccc(-c4scnc4C)cc2)C(C)(C)C)C3)cc(OC)c1CN(C)C. The number of rotatable bonds is 22. The number of likely N-dealkylation sites (tertiary alicyclic amines) is 1. The molecule has 386 valence electrons. The first kappa shape index (κ1) is 54.4. The van der Waals surface area contributed by atoms with Gasteiger partial charge in [-0.3, -0.25) is 19.2 Å². The minimum atomic E-state index is -0.989. The minimum Gasteiger partial charge on any atom is -0.496 e. The summed E-state index contributed by atoms with van der Waals surface area (Å²) in [4.78, 5) is 77.4. The molecular weight excluding hydrogens is 933 g/mol. The van der Waals surface area contributed by atoms with Gasteiger partial charge in [0.25, 0.3) is 5.56 Å². The van der Waals surface area contributed by atoms with Crippen molar-refractivity contribution in [3.8, 4) is 33.1 Å². The number of amides is 5. The van der Waals surface area contributed by atoms with Crippen LogP contribution in [0.1, 0.15) is 55.1 Å². The molecule has 0 spiro atoms. The molecule has 4 aromatic rings. The average Bonchev–Trinajstić information content (AvgIpc) is 3.96. The van der Waals surface area contributed by atoms with Gasteiger partial charge in [-0.1, -0.05) is 45.0 Å². The second-order valence-corrected chi connectivity index (χ2v) is 20.0. The molecule has 0 unspecified atom stereocenters. The van der Waals surface area contributed by atoms with Gasteiger partial charge in [-0.25, -0.2) is 9.78 Å². The lowest BCUT2D eigenvalue weighted by Gasteiger charge is -2.35. The Morgan fingerprint density at radius 3 is 2.21 bits per heavy atom. The zero-order valence-electron chi connectivity index (χ0n) is 42.4. The molecule has 6 rings (SSSR count). The minimum absolute atomic E-state index is 0.0324. The van der Waals surface area contributed by atoms with Gasteiger partial charge in [0.05, 0.1) is 81.5 Å². The number of thiazole rings is 1. The first-order valence-electron chi connectivity index (χ1n) is 23.8. The smallest absolute Gasteiger partial charge is 0.317 e. The van der Waals surface area contributed by atoms with Gasteiger partial charge in [0.15, 0.2) is 0 Å². The summed E-state index contributed by atoms with van der Waals surface area (Å²) < 4.78 is 29.8. The molecule has 1 saturated heterocycles. The number of methoxy groups -OCH3 is 2. The fourth-order valence-electron chi connectivity index (χ4n) is 8.76. The van der Waals surface area contributed by atoms with E-state index in [9.17, 15) is 29.1 Å². The first-order chi connectivity index (χ1) is 33.9. The van der Waals surface area contributed by atoms with Gasteiger partial charge in [-0.05, 0) is 67.2 Å². The van der Waals surface area contributed by atoms with Gasteiger partial charge in [-0.15, -0.1) is 11.3 Å².